The molecule has 0 aliphatic carbocycles. The van der Waals surface area contributed by atoms with Gasteiger partial charge in [-0.1, -0.05) is 28.1 Å². The summed E-state index contributed by atoms with van der Waals surface area (Å²) in [6, 6.07) is 12.1. The van der Waals surface area contributed by atoms with Crippen LogP contribution in [0.25, 0.3) is 0 Å². The molecule has 0 aliphatic rings. The van der Waals surface area contributed by atoms with Gasteiger partial charge in [-0.05, 0) is 42.8 Å². The minimum absolute atomic E-state index is 0.0934. The van der Waals surface area contributed by atoms with E-state index in [0.717, 1.165) is 5.56 Å². The molecular formula is C14H15BrN2O2S. The fraction of sp³-hybridized carbons (Fsp3) is 0.143. The molecule has 2 aromatic carbocycles. The van der Waals surface area contributed by atoms with Gasteiger partial charge in [-0.2, -0.15) is 0 Å². The molecule has 4 nitrogen and oxygen atoms in total. The van der Waals surface area contributed by atoms with Crippen LogP contribution in [0.4, 0.5) is 11.4 Å². The first-order valence-electron chi connectivity index (χ1n) is 5.93. The zero-order valence-corrected chi connectivity index (χ0v) is 13.6. The lowest BCUT2D eigenvalue weighted by atomic mass is 10.2. The van der Waals surface area contributed by atoms with E-state index in [1.165, 1.54) is 17.4 Å². The topological polar surface area (TPSA) is 63.4 Å². The van der Waals surface area contributed by atoms with Crippen molar-refractivity contribution in [2.45, 2.75) is 11.8 Å². The van der Waals surface area contributed by atoms with E-state index in [-0.39, 0.29) is 10.6 Å². The van der Waals surface area contributed by atoms with E-state index in [1.54, 1.807) is 18.2 Å². The molecule has 2 N–H and O–H groups in total. The van der Waals surface area contributed by atoms with Gasteiger partial charge in [-0.25, -0.2) is 8.42 Å². The van der Waals surface area contributed by atoms with Crippen LogP contribution in [-0.4, -0.2) is 15.5 Å². The van der Waals surface area contributed by atoms with Crippen LogP contribution in [0, 0.1) is 6.92 Å². The largest absolute Gasteiger partial charge is 0.398 e. The predicted molar refractivity (Wildman–Crippen MR) is 85.3 cm³/mol. The molecule has 20 heavy (non-hydrogen) atoms. The number of aryl methyl sites for hydroxylation is 1. The summed E-state index contributed by atoms with van der Waals surface area (Å²) < 4.78 is 27.2. The van der Waals surface area contributed by atoms with Crippen LogP contribution in [0.1, 0.15) is 5.56 Å². The van der Waals surface area contributed by atoms with Crippen molar-refractivity contribution in [2.75, 3.05) is 17.1 Å². The Labute approximate surface area is 127 Å². The third kappa shape index (κ3) is 2.81. The number of nitrogen functional groups attached to an aromatic ring is 1. The van der Waals surface area contributed by atoms with Gasteiger partial charge in [0.1, 0.15) is 4.90 Å². The molecule has 2 aromatic rings. The van der Waals surface area contributed by atoms with Gasteiger partial charge in [0, 0.05) is 11.5 Å². The number of hydrogen-bond donors (Lipinski definition) is 1. The van der Waals surface area contributed by atoms with Crippen molar-refractivity contribution in [3.63, 3.8) is 0 Å². The standard InChI is InChI=1S/C14H15BrN2O2S/c1-10-4-3-5-12(8-10)17(2)20(18,19)14-9-11(15)6-7-13(14)16/h3-9H,16H2,1-2H3. The van der Waals surface area contributed by atoms with Gasteiger partial charge in [-0.15, -0.1) is 0 Å². The SMILES string of the molecule is Cc1cccc(N(C)S(=O)(=O)c2cc(Br)ccc2N)c1. The second kappa shape index (κ2) is 5.46. The predicted octanol–water partition coefficient (Wildman–Crippen LogP) is 3.16. The van der Waals surface area contributed by atoms with Crippen LogP contribution >= 0.6 is 15.9 Å². The van der Waals surface area contributed by atoms with Crippen molar-refractivity contribution in [2.24, 2.45) is 0 Å². The minimum atomic E-state index is -3.68. The van der Waals surface area contributed by atoms with Crippen molar-refractivity contribution < 1.29 is 8.42 Å². The van der Waals surface area contributed by atoms with E-state index < -0.39 is 10.0 Å². The lowest BCUT2D eigenvalue weighted by Crippen LogP contribution is -2.27. The number of halogens is 1. The summed E-state index contributed by atoms with van der Waals surface area (Å²) in [4.78, 5) is 0.0934. The second-order valence-electron chi connectivity index (χ2n) is 4.49. The summed E-state index contributed by atoms with van der Waals surface area (Å²) in [5.41, 5.74) is 7.62. The highest BCUT2D eigenvalue weighted by Gasteiger charge is 2.24. The summed E-state index contributed by atoms with van der Waals surface area (Å²) in [5.74, 6) is 0. The van der Waals surface area contributed by atoms with E-state index in [0.29, 0.717) is 10.2 Å². The molecule has 6 heteroatoms. The molecule has 0 bridgehead atoms. The lowest BCUT2D eigenvalue weighted by Gasteiger charge is -2.21. The first-order valence-corrected chi connectivity index (χ1v) is 8.16. The van der Waals surface area contributed by atoms with Crippen LogP contribution in [0.5, 0.6) is 0 Å². The maximum Gasteiger partial charge on any atom is 0.266 e. The average molecular weight is 355 g/mol. The molecule has 0 radical (unpaired) electrons. The number of hydrogen-bond acceptors (Lipinski definition) is 3. The number of nitrogens with two attached hydrogens (primary N) is 1. The molecule has 0 atom stereocenters. The second-order valence-corrected chi connectivity index (χ2v) is 7.35. The Hall–Kier alpha value is -1.53. The van der Waals surface area contributed by atoms with Crippen LogP contribution in [0.15, 0.2) is 51.8 Å². The smallest absolute Gasteiger partial charge is 0.266 e. The number of benzene rings is 2. The molecule has 0 saturated carbocycles. The van der Waals surface area contributed by atoms with Gasteiger partial charge < -0.3 is 5.73 Å². The Morgan fingerprint density at radius 1 is 1.15 bits per heavy atom. The summed E-state index contributed by atoms with van der Waals surface area (Å²) in [6.07, 6.45) is 0. The molecule has 0 saturated heterocycles. The molecule has 0 fully saturated rings. The van der Waals surface area contributed by atoms with Crippen LogP contribution < -0.4 is 10.0 Å². The highest BCUT2D eigenvalue weighted by Crippen LogP contribution is 2.28. The number of anilines is 2. The molecular weight excluding hydrogens is 340 g/mol. The van der Waals surface area contributed by atoms with Crippen molar-refractivity contribution in [3.05, 3.63) is 52.5 Å². The number of sulfonamides is 1. The minimum Gasteiger partial charge on any atom is -0.398 e. The van der Waals surface area contributed by atoms with E-state index in [2.05, 4.69) is 15.9 Å². The molecule has 0 amide bonds. The van der Waals surface area contributed by atoms with Crippen molar-refractivity contribution >= 4 is 37.3 Å². The summed E-state index contributed by atoms with van der Waals surface area (Å²) >= 11 is 3.27. The van der Waals surface area contributed by atoms with E-state index in [1.807, 2.05) is 25.1 Å². The zero-order valence-electron chi connectivity index (χ0n) is 11.2. The van der Waals surface area contributed by atoms with Gasteiger partial charge in [-0.3, -0.25) is 4.31 Å². The first kappa shape index (κ1) is 14.9. The Kier molecular flexibility index (Phi) is 4.06. The highest BCUT2D eigenvalue weighted by molar-refractivity contribution is 9.10. The maximum atomic E-state index is 12.6. The number of nitrogens with zero attached hydrogens (tertiary/aromatic N) is 1. The molecule has 2 rings (SSSR count). The van der Waals surface area contributed by atoms with Crippen LogP contribution in [0.2, 0.25) is 0 Å². The quantitative estimate of drug-likeness (QED) is 0.861. The van der Waals surface area contributed by atoms with E-state index in [9.17, 15) is 8.42 Å². The molecule has 0 heterocycles. The molecule has 0 unspecified atom stereocenters. The van der Waals surface area contributed by atoms with Crippen molar-refractivity contribution in [3.8, 4) is 0 Å². The third-order valence-electron chi connectivity index (χ3n) is 2.98. The average Bonchev–Trinajstić information content (AvgIpc) is 2.40. The zero-order chi connectivity index (χ0) is 14.9. The normalized spacial score (nSPS) is 11.3. The van der Waals surface area contributed by atoms with Crippen LogP contribution in [-0.2, 0) is 10.0 Å². The Bertz CT molecular complexity index is 745. The first-order chi connectivity index (χ1) is 9.32. The monoisotopic (exact) mass is 354 g/mol. The van der Waals surface area contributed by atoms with Gasteiger partial charge in [0.25, 0.3) is 10.0 Å². The summed E-state index contributed by atoms with van der Waals surface area (Å²) in [5, 5.41) is 0. The van der Waals surface area contributed by atoms with Gasteiger partial charge in [0.15, 0.2) is 0 Å². The summed E-state index contributed by atoms with van der Waals surface area (Å²) in [6.45, 7) is 1.91. The van der Waals surface area contributed by atoms with E-state index >= 15 is 0 Å². The summed E-state index contributed by atoms with van der Waals surface area (Å²) in [7, 11) is -2.17. The van der Waals surface area contributed by atoms with Gasteiger partial charge in [0.05, 0.1) is 11.4 Å². The fourth-order valence-electron chi connectivity index (χ4n) is 1.84. The number of rotatable bonds is 3. The van der Waals surface area contributed by atoms with E-state index in [4.69, 9.17) is 5.73 Å². The molecule has 0 spiro atoms. The molecule has 0 aliphatic heterocycles. The van der Waals surface area contributed by atoms with Gasteiger partial charge in [0.2, 0.25) is 0 Å². The lowest BCUT2D eigenvalue weighted by molar-refractivity contribution is 0.594. The highest BCUT2D eigenvalue weighted by atomic mass is 79.9. The van der Waals surface area contributed by atoms with Gasteiger partial charge >= 0.3 is 0 Å². The molecule has 0 aromatic heterocycles. The Morgan fingerprint density at radius 2 is 1.85 bits per heavy atom. The third-order valence-corrected chi connectivity index (χ3v) is 5.31. The maximum absolute atomic E-state index is 12.6. The Balaban J connectivity index is 2.52. The van der Waals surface area contributed by atoms with Crippen molar-refractivity contribution in [1.29, 1.82) is 0 Å². The Morgan fingerprint density at radius 3 is 2.50 bits per heavy atom. The molecule has 106 valence electrons. The fourth-order valence-corrected chi connectivity index (χ4v) is 3.68. The van der Waals surface area contributed by atoms with Crippen LogP contribution in [0.3, 0.4) is 0 Å². The van der Waals surface area contributed by atoms with Crippen molar-refractivity contribution in [1.82, 2.24) is 0 Å².